The molecular formula is C14H10ClNO2S. The summed E-state index contributed by atoms with van der Waals surface area (Å²) in [6.07, 6.45) is 0. The maximum absolute atomic E-state index is 12.2. The van der Waals surface area contributed by atoms with Crippen LogP contribution >= 0.6 is 22.9 Å². The van der Waals surface area contributed by atoms with E-state index in [0.29, 0.717) is 23.6 Å². The lowest BCUT2D eigenvalue weighted by atomic mass is 10.1. The first-order valence-electron chi connectivity index (χ1n) is 5.79. The Kier molecular flexibility index (Phi) is 3.12. The van der Waals surface area contributed by atoms with Crippen LogP contribution < -0.4 is 0 Å². The number of imide groups is 1. The fourth-order valence-corrected chi connectivity index (χ4v) is 3.23. The molecule has 0 bridgehead atoms. The lowest BCUT2D eigenvalue weighted by Crippen LogP contribution is -2.28. The monoisotopic (exact) mass is 291 g/mol. The van der Waals surface area contributed by atoms with Gasteiger partial charge >= 0.3 is 0 Å². The van der Waals surface area contributed by atoms with Crippen LogP contribution in [0.2, 0.25) is 0 Å². The molecule has 2 aromatic rings. The summed E-state index contributed by atoms with van der Waals surface area (Å²) in [4.78, 5) is 27.6. The van der Waals surface area contributed by atoms with Gasteiger partial charge in [-0.15, -0.1) is 22.9 Å². The molecule has 1 aliphatic heterocycles. The normalized spacial score (nSPS) is 14.1. The minimum absolute atomic E-state index is 0.221. The Morgan fingerprint density at radius 3 is 2.05 bits per heavy atom. The third kappa shape index (κ3) is 2.07. The molecule has 0 N–H and O–H groups in total. The molecule has 1 aliphatic rings. The number of nitrogens with zero attached hydrogens (tertiary/aromatic N) is 1. The number of thiophene rings is 1. The van der Waals surface area contributed by atoms with E-state index in [0.717, 1.165) is 9.75 Å². The molecule has 0 spiro atoms. The summed E-state index contributed by atoms with van der Waals surface area (Å²) in [5.74, 6) is 0.00937. The van der Waals surface area contributed by atoms with Gasteiger partial charge in [0.25, 0.3) is 11.8 Å². The smallest absolute Gasteiger partial charge is 0.261 e. The zero-order valence-electron chi connectivity index (χ0n) is 9.93. The SMILES string of the molecule is O=C1c2ccccc2C(=O)N1Cc1ccc(CCl)s1. The number of hydrogen-bond acceptors (Lipinski definition) is 3. The molecule has 0 aliphatic carbocycles. The minimum atomic E-state index is -0.221. The molecule has 19 heavy (non-hydrogen) atoms. The molecule has 3 rings (SSSR count). The number of halogens is 1. The largest absolute Gasteiger partial charge is 0.269 e. The van der Waals surface area contributed by atoms with Gasteiger partial charge in [-0.25, -0.2) is 0 Å². The first-order valence-corrected chi connectivity index (χ1v) is 7.14. The molecule has 0 saturated heterocycles. The lowest BCUT2D eigenvalue weighted by molar-refractivity contribution is 0.0644. The Hall–Kier alpha value is -1.65. The van der Waals surface area contributed by atoms with Crippen molar-refractivity contribution < 1.29 is 9.59 Å². The van der Waals surface area contributed by atoms with Crippen LogP contribution in [-0.2, 0) is 12.4 Å². The van der Waals surface area contributed by atoms with Crippen molar-refractivity contribution in [1.82, 2.24) is 4.90 Å². The second-order valence-corrected chi connectivity index (χ2v) is 5.76. The number of benzene rings is 1. The molecule has 0 radical (unpaired) electrons. The number of carbonyl (C=O) groups is 2. The Bertz CT molecular complexity index is 630. The van der Waals surface area contributed by atoms with Crippen LogP contribution in [-0.4, -0.2) is 16.7 Å². The highest BCUT2D eigenvalue weighted by molar-refractivity contribution is 7.12. The van der Waals surface area contributed by atoms with Crippen molar-refractivity contribution >= 4 is 34.8 Å². The second kappa shape index (κ2) is 4.79. The minimum Gasteiger partial charge on any atom is -0.269 e. The summed E-state index contributed by atoms with van der Waals surface area (Å²) >= 11 is 7.27. The number of carbonyl (C=O) groups excluding carboxylic acids is 2. The predicted octanol–water partition coefficient (Wildman–Crippen LogP) is 3.28. The summed E-state index contributed by atoms with van der Waals surface area (Å²) in [5, 5.41) is 0. The molecule has 5 heteroatoms. The van der Waals surface area contributed by atoms with Crippen molar-refractivity contribution in [2.24, 2.45) is 0 Å². The number of rotatable bonds is 3. The molecule has 2 amide bonds. The van der Waals surface area contributed by atoms with Gasteiger partial charge in [-0.05, 0) is 24.3 Å². The van der Waals surface area contributed by atoms with E-state index < -0.39 is 0 Å². The van der Waals surface area contributed by atoms with E-state index in [2.05, 4.69) is 0 Å². The van der Waals surface area contributed by atoms with Crippen molar-refractivity contribution in [3.8, 4) is 0 Å². The molecular weight excluding hydrogens is 282 g/mol. The molecule has 1 aromatic heterocycles. The molecule has 96 valence electrons. The predicted molar refractivity (Wildman–Crippen MR) is 74.5 cm³/mol. The summed E-state index contributed by atoms with van der Waals surface area (Å²) in [6, 6.07) is 10.7. The van der Waals surface area contributed by atoms with Gasteiger partial charge in [0, 0.05) is 9.75 Å². The lowest BCUT2D eigenvalue weighted by Gasteiger charge is -2.11. The van der Waals surface area contributed by atoms with Crippen LogP contribution in [0.4, 0.5) is 0 Å². The van der Waals surface area contributed by atoms with Crippen LogP contribution in [0.15, 0.2) is 36.4 Å². The number of hydrogen-bond donors (Lipinski definition) is 0. The Morgan fingerprint density at radius 1 is 0.947 bits per heavy atom. The van der Waals surface area contributed by atoms with Gasteiger partial charge in [0.05, 0.1) is 23.6 Å². The quantitative estimate of drug-likeness (QED) is 0.643. The third-order valence-electron chi connectivity index (χ3n) is 3.04. The molecule has 1 aromatic carbocycles. The fourth-order valence-electron chi connectivity index (χ4n) is 2.12. The highest BCUT2D eigenvalue weighted by atomic mass is 35.5. The molecule has 0 unspecified atom stereocenters. The molecule has 0 atom stereocenters. The van der Waals surface area contributed by atoms with Gasteiger partial charge in [-0.3, -0.25) is 14.5 Å². The standard InChI is InChI=1S/C14H10ClNO2S/c15-7-9-5-6-10(19-9)8-16-13(17)11-3-1-2-4-12(11)14(16)18/h1-6H,7-8H2. The zero-order valence-corrected chi connectivity index (χ0v) is 11.5. The average molecular weight is 292 g/mol. The van der Waals surface area contributed by atoms with Crippen molar-refractivity contribution in [1.29, 1.82) is 0 Å². The summed E-state index contributed by atoms with van der Waals surface area (Å²) in [5.41, 5.74) is 0.975. The van der Waals surface area contributed by atoms with Gasteiger partial charge in [0.15, 0.2) is 0 Å². The Balaban J connectivity index is 1.88. The number of alkyl halides is 1. The van der Waals surface area contributed by atoms with Gasteiger partial charge in [0.2, 0.25) is 0 Å². The second-order valence-electron chi connectivity index (χ2n) is 4.24. The van der Waals surface area contributed by atoms with Gasteiger partial charge in [-0.2, -0.15) is 0 Å². The third-order valence-corrected chi connectivity index (χ3v) is 4.56. The van der Waals surface area contributed by atoms with Crippen LogP contribution in [0.3, 0.4) is 0 Å². The zero-order chi connectivity index (χ0) is 13.4. The number of amides is 2. The van der Waals surface area contributed by atoms with Crippen molar-refractivity contribution in [3.05, 3.63) is 57.3 Å². The van der Waals surface area contributed by atoms with E-state index in [1.54, 1.807) is 24.3 Å². The maximum atomic E-state index is 12.2. The first-order chi connectivity index (χ1) is 9.20. The average Bonchev–Trinajstić information content (AvgIpc) is 2.99. The maximum Gasteiger partial charge on any atom is 0.261 e. The Labute approximate surface area is 119 Å². The van der Waals surface area contributed by atoms with Crippen LogP contribution in [0.5, 0.6) is 0 Å². The van der Waals surface area contributed by atoms with E-state index in [9.17, 15) is 9.59 Å². The van der Waals surface area contributed by atoms with E-state index in [1.807, 2.05) is 12.1 Å². The molecule has 0 fully saturated rings. The highest BCUT2D eigenvalue weighted by Crippen LogP contribution is 2.26. The van der Waals surface area contributed by atoms with Crippen molar-refractivity contribution in [2.45, 2.75) is 12.4 Å². The molecule has 2 heterocycles. The van der Waals surface area contributed by atoms with Gasteiger partial charge in [-0.1, -0.05) is 12.1 Å². The molecule has 3 nitrogen and oxygen atoms in total. The summed E-state index contributed by atoms with van der Waals surface area (Å²) in [7, 11) is 0. The summed E-state index contributed by atoms with van der Waals surface area (Å²) in [6.45, 7) is 0.313. The topological polar surface area (TPSA) is 37.4 Å². The van der Waals surface area contributed by atoms with Crippen molar-refractivity contribution in [3.63, 3.8) is 0 Å². The fraction of sp³-hybridized carbons (Fsp3) is 0.143. The van der Waals surface area contributed by atoms with E-state index >= 15 is 0 Å². The molecule has 0 saturated carbocycles. The van der Waals surface area contributed by atoms with E-state index in [1.165, 1.54) is 16.2 Å². The number of fused-ring (bicyclic) bond motifs is 1. The van der Waals surface area contributed by atoms with Crippen molar-refractivity contribution in [2.75, 3.05) is 0 Å². The summed E-state index contributed by atoms with van der Waals surface area (Å²) < 4.78 is 0. The van der Waals surface area contributed by atoms with Gasteiger partial charge < -0.3 is 0 Å². The van der Waals surface area contributed by atoms with Crippen LogP contribution in [0, 0.1) is 0 Å². The van der Waals surface area contributed by atoms with E-state index in [4.69, 9.17) is 11.6 Å². The van der Waals surface area contributed by atoms with Crippen LogP contribution in [0.25, 0.3) is 0 Å². The van der Waals surface area contributed by atoms with Gasteiger partial charge in [0.1, 0.15) is 0 Å². The first kappa shape index (κ1) is 12.4. The Morgan fingerprint density at radius 2 is 1.53 bits per heavy atom. The van der Waals surface area contributed by atoms with E-state index in [-0.39, 0.29) is 11.8 Å². The highest BCUT2D eigenvalue weighted by Gasteiger charge is 2.35. The van der Waals surface area contributed by atoms with Crippen LogP contribution in [0.1, 0.15) is 30.5 Å².